The third-order valence-corrected chi connectivity index (χ3v) is 2.48. The number of carbonyl (C=O) groups is 1. The molecule has 1 aliphatic carbocycles. The van der Waals surface area contributed by atoms with Gasteiger partial charge in [0.25, 0.3) is 0 Å². The summed E-state index contributed by atoms with van der Waals surface area (Å²) in [5.74, 6) is -0.245. The number of ketones is 1. The first-order valence-electron chi connectivity index (χ1n) is 4.82. The number of rotatable bonds is 2. The van der Waals surface area contributed by atoms with E-state index < -0.39 is 0 Å². The number of allylic oxidation sites excluding steroid dienone is 1. The maximum absolute atomic E-state index is 12.0. The number of aliphatic hydroxyl groups is 1. The molecule has 16 heavy (non-hydrogen) atoms. The van der Waals surface area contributed by atoms with Crippen molar-refractivity contribution >= 4 is 17.3 Å². The van der Waals surface area contributed by atoms with E-state index in [1.54, 1.807) is 31.2 Å². The predicted molar refractivity (Wildman–Crippen MR) is 60.4 cm³/mol. The van der Waals surface area contributed by atoms with E-state index in [0.29, 0.717) is 16.8 Å². The van der Waals surface area contributed by atoms with Gasteiger partial charge in [-0.2, -0.15) is 0 Å². The molecule has 0 aliphatic heterocycles. The van der Waals surface area contributed by atoms with Crippen LogP contribution in [0.1, 0.15) is 22.8 Å². The van der Waals surface area contributed by atoms with Crippen LogP contribution in [0.3, 0.4) is 0 Å². The summed E-state index contributed by atoms with van der Waals surface area (Å²) in [4.78, 5) is 16.6. The Morgan fingerprint density at radius 1 is 1.31 bits per heavy atom. The number of hydrogen-bond acceptors (Lipinski definition) is 4. The van der Waals surface area contributed by atoms with Crippen LogP contribution in [0.4, 0.5) is 0 Å². The number of Topliss-reactive ketones (excluding diaryl/α,β-unsaturated/α-hetero) is 1. The molecule has 4 nitrogen and oxygen atoms in total. The molecule has 1 aromatic carbocycles. The predicted octanol–water partition coefficient (Wildman–Crippen LogP) is 2.17. The van der Waals surface area contributed by atoms with Gasteiger partial charge in [-0.25, -0.2) is 0 Å². The summed E-state index contributed by atoms with van der Waals surface area (Å²) < 4.78 is 0. The fourth-order valence-corrected chi connectivity index (χ4v) is 1.78. The maximum atomic E-state index is 12.0. The lowest BCUT2D eigenvalue weighted by Crippen LogP contribution is -2.07. The lowest BCUT2D eigenvalue weighted by molar-refractivity contribution is 0.104. The Morgan fingerprint density at radius 2 is 1.94 bits per heavy atom. The molecule has 1 N–H and O–H groups in total. The average Bonchev–Trinajstić information content (AvgIpc) is 2.53. The van der Waals surface area contributed by atoms with Gasteiger partial charge in [0.05, 0.1) is 11.3 Å². The second kappa shape index (κ2) is 3.81. The molecule has 0 aromatic heterocycles. The molecule has 0 radical (unpaired) electrons. The van der Waals surface area contributed by atoms with Gasteiger partial charge in [-0.05, 0) is 6.92 Å². The minimum absolute atomic E-state index is 0.0288. The van der Waals surface area contributed by atoms with Crippen molar-refractivity contribution in [1.29, 1.82) is 0 Å². The summed E-state index contributed by atoms with van der Waals surface area (Å²) >= 11 is 0. The van der Waals surface area contributed by atoms with E-state index in [1.165, 1.54) is 7.11 Å². The summed E-state index contributed by atoms with van der Waals surface area (Å²) in [6.45, 7) is 1.62. The second-order valence-electron chi connectivity index (χ2n) is 3.46. The summed E-state index contributed by atoms with van der Waals surface area (Å²) in [6, 6.07) is 6.92. The third kappa shape index (κ3) is 1.39. The standard InChI is InChI=1S/C12H11NO3/c1-7(13-16-2)10-11(14)8-5-3-4-6-9(8)12(10)15/h3-6,14H,1-2H3/b13-7+. The van der Waals surface area contributed by atoms with E-state index in [9.17, 15) is 9.90 Å². The number of fused-ring (bicyclic) bond motifs is 1. The zero-order valence-electron chi connectivity index (χ0n) is 9.02. The van der Waals surface area contributed by atoms with Crippen LogP contribution in [0.15, 0.2) is 35.0 Å². The summed E-state index contributed by atoms with van der Waals surface area (Å²) in [5.41, 5.74) is 1.64. The van der Waals surface area contributed by atoms with Crippen LogP contribution >= 0.6 is 0 Å². The van der Waals surface area contributed by atoms with Crippen LogP contribution in [0, 0.1) is 0 Å². The first kappa shape index (κ1) is 10.4. The molecular formula is C12H11NO3. The van der Waals surface area contributed by atoms with Crippen LogP contribution in [-0.2, 0) is 4.84 Å². The molecule has 0 spiro atoms. The Hall–Kier alpha value is -2.10. The number of hydrogen-bond donors (Lipinski definition) is 1. The van der Waals surface area contributed by atoms with Crippen LogP contribution in [0.5, 0.6) is 0 Å². The molecule has 0 bridgehead atoms. The van der Waals surface area contributed by atoms with Crippen LogP contribution < -0.4 is 0 Å². The van der Waals surface area contributed by atoms with Crippen molar-refractivity contribution in [3.05, 3.63) is 41.0 Å². The SMILES string of the molecule is CO/N=C(\C)C1=C(O)c2ccccc2C1=O. The first-order chi connectivity index (χ1) is 7.66. The van der Waals surface area contributed by atoms with Crippen molar-refractivity contribution in [2.24, 2.45) is 5.16 Å². The van der Waals surface area contributed by atoms with Gasteiger partial charge in [0, 0.05) is 11.1 Å². The van der Waals surface area contributed by atoms with Crippen molar-refractivity contribution in [1.82, 2.24) is 0 Å². The van der Waals surface area contributed by atoms with Gasteiger partial charge in [-0.15, -0.1) is 0 Å². The van der Waals surface area contributed by atoms with Crippen molar-refractivity contribution in [2.75, 3.05) is 7.11 Å². The monoisotopic (exact) mass is 217 g/mol. The van der Waals surface area contributed by atoms with Gasteiger partial charge in [-0.3, -0.25) is 4.79 Å². The Morgan fingerprint density at radius 3 is 2.50 bits per heavy atom. The molecule has 0 saturated heterocycles. The van der Waals surface area contributed by atoms with E-state index in [2.05, 4.69) is 9.99 Å². The number of carbonyl (C=O) groups excluding carboxylic acids is 1. The van der Waals surface area contributed by atoms with Crippen molar-refractivity contribution < 1.29 is 14.7 Å². The van der Waals surface area contributed by atoms with Gasteiger partial charge in [-0.1, -0.05) is 29.4 Å². The highest BCUT2D eigenvalue weighted by molar-refractivity contribution is 6.35. The molecule has 82 valence electrons. The van der Waals surface area contributed by atoms with E-state index in [0.717, 1.165) is 0 Å². The van der Waals surface area contributed by atoms with E-state index in [-0.39, 0.29) is 17.1 Å². The Kier molecular flexibility index (Phi) is 2.48. The van der Waals surface area contributed by atoms with Crippen LogP contribution in [-0.4, -0.2) is 23.7 Å². The Bertz CT molecular complexity index is 515. The summed E-state index contributed by atoms with van der Waals surface area (Å²) in [6.07, 6.45) is 0. The lowest BCUT2D eigenvalue weighted by Gasteiger charge is -1.99. The minimum atomic E-state index is -0.216. The van der Waals surface area contributed by atoms with Gasteiger partial charge >= 0.3 is 0 Å². The molecule has 0 atom stereocenters. The molecule has 0 fully saturated rings. The zero-order chi connectivity index (χ0) is 11.7. The Labute approximate surface area is 92.8 Å². The van der Waals surface area contributed by atoms with Crippen molar-refractivity contribution in [2.45, 2.75) is 6.92 Å². The smallest absolute Gasteiger partial charge is 0.199 e. The van der Waals surface area contributed by atoms with E-state index in [4.69, 9.17) is 0 Å². The molecule has 0 unspecified atom stereocenters. The molecule has 2 rings (SSSR count). The maximum Gasteiger partial charge on any atom is 0.199 e. The molecular weight excluding hydrogens is 206 g/mol. The molecule has 0 amide bonds. The minimum Gasteiger partial charge on any atom is -0.506 e. The van der Waals surface area contributed by atoms with Crippen LogP contribution in [0.25, 0.3) is 5.76 Å². The summed E-state index contributed by atoms with van der Waals surface area (Å²) in [5, 5.41) is 13.6. The Balaban J connectivity index is 2.56. The zero-order valence-corrected chi connectivity index (χ0v) is 9.02. The van der Waals surface area contributed by atoms with Gasteiger partial charge in [0.2, 0.25) is 0 Å². The van der Waals surface area contributed by atoms with Gasteiger partial charge in [0.1, 0.15) is 12.9 Å². The fraction of sp³-hybridized carbons (Fsp3) is 0.167. The van der Waals surface area contributed by atoms with Gasteiger partial charge < -0.3 is 9.94 Å². The van der Waals surface area contributed by atoms with E-state index in [1.807, 2.05) is 0 Å². The number of oxime groups is 1. The second-order valence-corrected chi connectivity index (χ2v) is 3.46. The highest BCUT2D eigenvalue weighted by Gasteiger charge is 2.31. The van der Waals surface area contributed by atoms with Gasteiger partial charge in [0.15, 0.2) is 5.78 Å². The normalized spacial score (nSPS) is 15.4. The highest BCUT2D eigenvalue weighted by atomic mass is 16.6. The quantitative estimate of drug-likeness (QED) is 0.610. The summed E-state index contributed by atoms with van der Waals surface area (Å²) in [7, 11) is 1.40. The molecule has 0 heterocycles. The lowest BCUT2D eigenvalue weighted by atomic mass is 10.1. The molecule has 0 saturated carbocycles. The number of benzene rings is 1. The fourth-order valence-electron chi connectivity index (χ4n) is 1.78. The first-order valence-corrected chi connectivity index (χ1v) is 4.82. The third-order valence-electron chi connectivity index (χ3n) is 2.48. The van der Waals surface area contributed by atoms with Crippen molar-refractivity contribution in [3.8, 4) is 0 Å². The largest absolute Gasteiger partial charge is 0.506 e. The highest BCUT2D eigenvalue weighted by Crippen LogP contribution is 2.31. The molecule has 4 heteroatoms. The average molecular weight is 217 g/mol. The van der Waals surface area contributed by atoms with Crippen molar-refractivity contribution in [3.63, 3.8) is 0 Å². The number of nitrogens with zero attached hydrogens (tertiary/aromatic N) is 1. The van der Waals surface area contributed by atoms with E-state index >= 15 is 0 Å². The van der Waals surface area contributed by atoms with Crippen LogP contribution in [0.2, 0.25) is 0 Å². The topological polar surface area (TPSA) is 58.9 Å². The number of aliphatic hydroxyl groups excluding tert-OH is 1. The molecule has 1 aromatic rings. The molecule has 1 aliphatic rings.